The van der Waals surface area contributed by atoms with Crippen molar-refractivity contribution < 1.29 is 23.1 Å². The van der Waals surface area contributed by atoms with Crippen molar-refractivity contribution in [3.05, 3.63) is 22.2 Å². The fraction of sp³-hybridized carbons (Fsp3) is 0.500. The highest BCUT2D eigenvalue weighted by Gasteiger charge is 2.31. The monoisotopic (exact) mass is 391 g/mol. The van der Waals surface area contributed by atoms with Crippen molar-refractivity contribution in [3.63, 3.8) is 0 Å². The van der Waals surface area contributed by atoms with Crippen LogP contribution in [0, 0.1) is 5.92 Å². The first-order valence-electron chi connectivity index (χ1n) is 6.91. The molecule has 0 radical (unpaired) electrons. The number of nitrogens with one attached hydrogen (secondary N) is 1. The topological polar surface area (TPSA) is 92.7 Å². The molecule has 122 valence electrons. The molecule has 8 heteroatoms. The average Bonchev–Trinajstić information content (AvgIpc) is 2.83. The van der Waals surface area contributed by atoms with Crippen molar-refractivity contribution in [3.8, 4) is 5.75 Å². The molecule has 1 heterocycles. The molecular formula is C14H18BrNO5S. The summed E-state index contributed by atoms with van der Waals surface area (Å²) in [4.78, 5) is 11.3. The summed E-state index contributed by atoms with van der Waals surface area (Å²) in [5, 5.41) is 9.21. The van der Waals surface area contributed by atoms with Gasteiger partial charge in [-0.3, -0.25) is 4.79 Å². The predicted molar refractivity (Wildman–Crippen MR) is 84.5 cm³/mol. The van der Waals surface area contributed by atoms with E-state index in [2.05, 4.69) is 20.7 Å². The Hall–Kier alpha value is -1.12. The number of ether oxygens (including phenoxy) is 1. The summed E-state index contributed by atoms with van der Waals surface area (Å²) in [6.45, 7) is 4.09. The number of fused-ring (bicyclic) bond motifs is 1. The lowest BCUT2D eigenvalue weighted by Gasteiger charge is -2.18. The van der Waals surface area contributed by atoms with E-state index in [9.17, 15) is 18.3 Å². The minimum atomic E-state index is -3.98. The number of benzene rings is 1. The van der Waals surface area contributed by atoms with Crippen molar-refractivity contribution in [2.24, 2.45) is 5.92 Å². The molecular weight excluding hydrogens is 374 g/mol. The summed E-state index contributed by atoms with van der Waals surface area (Å²) in [6.07, 6.45) is 0.845. The van der Waals surface area contributed by atoms with Crippen LogP contribution in [0.3, 0.4) is 0 Å². The van der Waals surface area contributed by atoms with E-state index in [0.29, 0.717) is 23.2 Å². The van der Waals surface area contributed by atoms with Crippen molar-refractivity contribution >= 4 is 31.9 Å². The zero-order valence-electron chi connectivity index (χ0n) is 12.3. The number of carboxylic acids is 1. The Morgan fingerprint density at radius 1 is 1.45 bits per heavy atom. The van der Waals surface area contributed by atoms with Crippen LogP contribution < -0.4 is 9.46 Å². The molecule has 22 heavy (non-hydrogen) atoms. The van der Waals surface area contributed by atoms with E-state index in [-0.39, 0.29) is 17.2 Å². The third-order valence-corrected chi connectivity index (χ3v) is 5.24. The second kappa shape index (κ2) is 6.55. The molecule has 0 saturated carbocycles. The maximum absolute atomic E-state index is 12.6. The van der Waals surface area contributed by atoms with Crippen LogP contribution in [0.25, 0.3) is 0 Å². The van der Waals surface area contributed by atoms with Gasteiger partial charge in [-0.15, -0.1) is 0 Å². The summed E-state index contributed by atoms with van der Waals surface area (Å²) in [7, 11) is -3.98. The smallest absolute Gasteiger partial charge is 0.321 e. The second-order valence-corrected chi connectivity index (χ2v) is 8.23. The molecule has 0 spiro atoms. The molecule has 2 N–H and O–H groups in total. The van der Waals surface area contributed by atoms with E-state index in [1.54, 1.807) is 0 Å². The van der Waals surface area contributed by atoms with Crippen LogP contribution in [0.5, 0.6) is 5.75 Å². The number of halogens is 1. The predicted octanol–water partition coefficient (Wildman–Crippen LogP) is 2.16. The highest BCUT2D eigenvalue weighted by Crippen LogP contribution is 2.35. The maximum Gasteiger partial charge on any atom is 0.321 e. The second-order valence-electron chi connectivity index (χ2n) is 5.63. The van der Waals surface area contributed by atoms with Gasteiger partial charge in [0, 0.05) is 16.5 Å². The quantitative estimate of drug-likeness (QED) is 0.774. The fourth-order valence-corrected chi connectivity index (χ4v) is 4.43. The van der Waals surface area contributed by atoms with Crippen LogP contribution in [0.2, 0.25) is 0 Å². The van der Waals surface area contributed by atoms with Gasteiger partial charge in [-0.25, -0.2) is 8.42 Å². The van der Waals surface area contributed by atoms with E-state index in [1.165, 1.54) is 6.07 Å². The minimum absolute atomic E-state index is 0.0237. The number of carbonyl (C=O) groups is 1. The lowest BCUT2D eigenvalue weighted by atomic mass is 10.1. The first-order valence-corrected chi connectivity index (χ1v) is 9.18. The van der Waals surface area contributed by atoms with E-state index < -0.39 is 22.0 Å². The van der Waals surface area contributed by atoms with Crippen molar-refractivity contribution in [2.75, 3.05) is 6.61 Å². The van der Waals surface area contributed by atoms with Gasteiger partial charge in [0.2, 0.25) is 10.0 Å². The Balaban J connectivity index is 2.37. The summed E-state index contributed by atoms with van der Waals surface area (Å²) >= 11 is 3.28. The van der Waals surface area contributed by atoms with Crippen molar-refractivity contribution in [1.29, 1.82) is 0 Å². The van der Waals surface area contributed by atoms with Gasteiger partial charge in [0.25, 0.3) is 0 Å². The number of hydrogen-bond acceptors (Lipinski definition) is 4. The first-order chi connectivity index (χ1) is 10.2. The first kappa shape index (κ1) is 17.2. The van der Waals surface area contributed by atoms with E-state index in [4.69, 9.17) is 4.74 Å². The molecule has 1 aliphatic heterocycles. The molecule has 1 atom stereocenters. The number of carboxylic acid groups (broad SMARTS) is 1. The van der Waals surface area contributed by atoms with Crippen LogP contribution in [0.15, 0.2) is 21.5 Å². The van der Waals surface area contributed by atoms with E-state index in [0.717, 1.165) is 5.56 Å². The highest BCUT2D eigenvalue weighted by atomic mass is 79.9. The minimum Gasteiger partial charge on any atom is -0.492 e. The van der Waals surface area contributed by atoms with E-state index in [1.807, 2.05) is 19.9 Å². The maximum atomic E-state index is 12.6. The Bertz CT molecular complexity index is 687. The molecule has 6 nitrogen and oxygen atoms in total. The third-order valence-electron chi connectivity index (χ3n) is 3.31. The number of rotatable bonds is 6. The molecule has 0 aromatic heterocycles. The molecule has 0 saturated heterocycles. The Morgan fingerprint density at radius 2 is 2.14 bits per heavy atom. The van der Waals surface area contributed by atoms with Gasteiger partial charge in [0.15, 0.2) is 0 Å². The molecule has 0 bridgehead atoms. The van der Waals surface area contributed by atoms with Gasteiger partial charge in [0.05, 0.1) is 6.61 Å². The zero-order valence-corrected chi connectivity index (χ0v) is 14.7. The molecule has 2 rings (SSSR count). The molecule has 0 fully saturated rings. The number of sulfonamides is 1. The van der Waals surface area contributed by atoms with Gasteiger partial charge in [-0.2, -0.15) is 4.72 Å². The lowest BCUT2D eigenvalue weighted by molar-refractivity contribution is -0.139. The largest absolute Gasteiger partial charge is 0.492 e. The Kier molecular flexibility index (Phi) is 5.14. The van der Waals surface area contributed by atoms with Crippen LogP contribution in [0.1, 0.15) is 25.8 Å². The van der Waals surface area contributed by atoms with Gasteiger partial charge in [0.1, 0.15) is 16.7 Å². The summed E-state index contributed by atoms with van der Waals surface area (Å²) in [6, 6.07) is 2.08. The SMILES string of the molecule is CC(C)CC(NS(=O)(=O)c1cc(Br)cc2c1OCC2)C(=O)O. The standard InChI is InChI=1S/C14H18BrNO5S/c1-8(2)5-11(14(17)18)16-22(19,20)12-7-10(15)6-9-3-4-21-13(9)12/h6-8,11,16H,3-5H2,1-2H3,(H,17,18). The third kappa shape index (κ3) is 3.80. The fourth-order valence-electron chi connectivity index (χ4n) is 2.36. The molecule has 1 aliphatic rings. The Morgan fingerprint density at radius 3 is 2.73 bits per heavy atom. The lowest BCUT2D eigenvalue weighted by Crippen LogP contribution is -2.41. The molecule has 0 aliphatic carbocycles. The molecule has 1 unspecified atom stereocenters. The van der Waals surface area contributed by atoms with Gasteiger partial charge < -0.3 is 9.84 Å². The molecule has 1 aromatic rings. The highest BCUT2D eigenvalue weighted by molar-refractivity contribution is 9.10. The van der Waals surface area contributed by atoms with Gasteiger partial charge in [-0.1, -0.05) is 29.8 Å². The average molecular weight is 392 g/mol. The molecule has 0 amide bonds. The number of hydrogen-bond donors (Lipinski definition) is 2. The van der Waals surface area contributed by atoms with Gasteiger partial charge in [-0.05, 0) is 24.5 Å². The van der Waals surface area contributed by atoms with Crippen molar-refractivity contribution in [1.82, 2.24) is 4.72 Å². The van der Waals surface area contributed by atoms with Crippen LogP contribution >= 0.6 is 15.9 Å². The van der Waals surface area contributed by atoms with Crippen LogP contribution in [-0.4, -0.2) is 32.1 Å². The summed E-state index contributed by atoms with van der Waals surface area (Å²) in [5.41, 5.74) is 0.797. The summed E-state index contributed by atoms with van der Waals surface area (Å²) < 4.78 is 33.4. The van der Waals surface area contributed by atoms with Crippen LogP contribution in [-0.2, 0) is 21.2 Å². The molecule has 1 aromatic carbocycles. The normalized spacial score (nSPS) is 15.5. The van der Waals surface area contributed by atoms with Crippen LogP contribution in [0.4, 0.5) is 0 Å². The summed E-state index contributed by atoms with van der Waals surface area (Å²) in [5.74, 6) is -0.831. The van der Waals surface area contributed by atoms with Gasteiger partial charge >= 0.3 is 5.97 Å². The Labute approximate surface area is 138 Å². The van der Waals surface area contributed by atoms with Crippen molar-refractivity contribution in [2.45, 2.75) is 37.6 Å². The number of aliphatic carboxylic acids is 1. The zero-order chi connectivity index (χ0) is 16.5. The van der Waals surface area contributed by atoms with E-state index >= 15 is 0 Å².